The number of amides is 1. The molecule has 1 amide bonds. The maximum atomic E-state index is 13.8. The van der Waals surface area contributed by atoms with Gasteiger partial charge < -0.3 is 10.1 Å². The summed E-state index contributed by atoms with van der Waals surface area (Å²) in [5, 5.41) is 0.681. The quantitative estimate of drug-likeness (QED) is 0.201. The van der Waals surface area contributed by atoms with Crippen LogP contribution < -0.4 is 5.32 Å². The van der Waals surface area contributed by atoms with Crippen LogP contribution in [0.5, 0.6) is 0 Å². The average Bonchev–Trinajstić information content (AvgIpc) is 2.69. The summed E-state index contributed by atoms with van der Waals surface area (Å²) in [6.45, 7) is 3.90. The van der Waals surface area contributed by atoms with Crippen LogP contribution in [0.1, 0.15) is 19.8 Å². The summed E-state index contributed by atoms with van der Waals surface area (Å²) in [5.41, 5.74) is 0. The van der Waals surface area contributed by atoms with E-state index in [4.69, 9.17) is 0 Å². The SMILES string of the molecule is C=CCC(NC(=O)C(F)(F)C(F)(F)C(F)(F)C(F)(F)C(F)(F)C(F)(F)C(F)(F)F)C(=O)OCCC. The van der Waals surface area contributed by atoms with Crippen LogP contribution in [0.25, 0.3) is 0 Å². The average molecular weight is 553 g/mol. The lowest BCUT2D eigenvalue weighted by Gasteiger charge is -2.41. The van der Waals surface area contributed by atoms with Crippen molar-refractivity contribution in [1.29, 1.82) is 0 Å². The minimum absolute atomic E-state index is 0.0762. The van der Waals surface area contributed by atoms with E-state index in [0.717, 1.165) is 0 Å². The molecule has 0 radical (unpaired) electrons. The minimum atomic E-state index is -8.52. The molecule has 0 aliphatic rings. The van der Waals surface area contributed by atoms with Gasteiger partial charge in [0.15, 0.2) is 0 Å². The third-order valence-corrected chi connectivity index (χ3v) is 4.05. The van der Waals surface area contributed by atoms with Gasteiger partial charge in [0.2, 0.25) is 0 Å². The highest BCUT2D eigenvalue weighted by molar-refractivity contribution is 5.89. The van der Waals surface area contributed by atoms with Gasteiger partial charge in [-0.2, -0.15) is 65.9 Å². The van der Waals surface area contributed by atoms with E-state index in [1.54, 1.807) is 0 Å². The van der Waals surface area contributed by atoms with E-state index in [1.165, 1.54) is 6.92 Å². The fourth-order valence-electron chi connectivity index (χ4n) is 2.04. The highest BCUT2D eigenvalue weighted by Crippen LogP contribution is 2.62. The molecule has 0 fully saturated rings. The fourth-order valence-corrected chi connectivity index (χ4v) is 2.04. The summed E-state index contributed by atoms with van der Waals surface area (Å²) in [6.07, 6.45) is -7.91. The van der Waals surface area contributed by atoms with Crippen LogP contribution in [0.2, 0.25) is 0 Å². The van der Waals surface area contributed by atoms with Crippen LogP contribution in [0, 0.1) is 0 Å². The number of ether oxygens (including phenoxy) is 1. The smallest absolute Gasteiger partial charge is 0.460 e. The van der Waals surface area contributed by atoms with Crippen molar-refractivity contribution in [2.45, 2.75) is 67.5 Å². The zero-order valence-electron chi connectivity index (χ0n) is 16.9. The van der Waals surface area contributed by atoms with Gasteiger partial charge in [0.25, 0.3) is 5.91 Å². The second kappa shape index (κ2) is 9.94. The summed E-state index contributed by atoms with van der Waals surface area (Å²) in [7, 11) is 0. The van der Waals surface area contributed by atoms with Crippen LogP contribution in [0.4, 0.5) is 65.9 Å². The molecule has 0 aromatic rings. The van der Waals surface area contributed by atoms with Gasteiger partial charge in [-0.3, -0.25) is 4.79 Å². The Labute approximate surface area is 185 Å². The van der Waals surface area contributed by atoms with Crippen LogP contribution in [-0.2, 0) is 14.3 Å². The van der Waals surface area contributed by atoms with E-state index < -0.39 is 72.7 Å². The zero-order chi connectivity index (χ0) is 28.5. The molecule has 206 valence electrons. The van der Waals surface area contributed by atoms with Crippen molar-refractivity contribution in [3.05, 3.63) is 12.7 Å². The van der Waals surface area contributed by atoms with Gasteiger partial charge in [0, 0.05) is 0 Å². The van der Waals surface area contributed by atoms with E-state index in [0.29, 0.717) is 11.4 Å². The molecule has 0 rings (SSSR count). The normalized spacial score (nSPS) is 15.4. The molecule has 1 unspecified atom stereocenters. The lowest BCUT2D eigenvalue weighted by atomic mass is 9.90. The monoisotopic (exact) mass is 553 g/mol. The number of alkyl halides is 15. The lowest BCUT2D eigenvalue weighted by molar-refractivity contribution is -0.449. The molecule has 1 atom stereocenters. The Morgan fingerprint density at radius 2 is 1.17 bits per heavy atom. The van der Waals surface area contributed by atoms with E-state index >= 15 is 0 Å². The second-order valence-electron chi connectivity index (χ2n) is 6.66. The molecule has 0 bridgehead atoms. The number of nitrogens with one attached hydrogen (secondary N) is 1. The first-order chi connectivity index (χ1) is 15.3. The maximum Gasteiger partial charge on any atom is 0.460 e. The van der Waals surface area contributed by atoms with Gasteiger partial charge in [-0.05, 0) is 12.8 Å². The Bertz CT molecular complexity index is 792. The third kappa shape index (κ3) is 5.26. The van der Waals surface area contributed by atoms with Gasteiger partial charge in [-0.1, -0.05) is 13.0 Å². The van der Waals surface area contributed by atoms with E-state index in [9.17, 15) is 75.4 Å². The molecular weight excluding hydrogens is 539 g/mol. The second-order valence-corrected chi connectivity index (χ2v) is 6.66. The summed E-state index contributed by atoms with van der Waals surface area (Å²) >= 11 is 0. The van der Waals surface area contributed by atoms with Crippen molar-refractivity contribution in [2.24, 2.45) is 0 Å². The minimum Gasteiger partial charge on any atom is -0.464 e. The number of rotatable bonds is 12. The Balaban J connectivity index is 6.41. The van der Waals surface area contributed by atoms with Gasteiger partial charge in [-0.25, -0.2) is 4.79 Å². The number of carbonyl (C=O) groups excluding carboxylic acids is 2. The zero-order valence-corrected chi connectivity index (χ0v) is 16.9. The molecular formula is C16H14F15NO3. The summed E-state index contributed by atoms with van der Waals surface area (Å²) in [5.74, 6) is -54.0. The largest absolute Gasteiger partial charge is 0.464 e. The van der Waals surface area contributed by atoms with E-state index in [1.807, 2.05) is 0 Å². The van der Waals surface area contributed by atoms with Crippen molar-refractivity contribution in [3.63, 3.8) is 0 Å². The molecule has 35 heavy (non-hydrogen) atoms. The van der Waals surface area contributed by atoms with Crippen molar-refractivity contribution in [1.82, 2.24) is 5.32 Å². The number of hydrogen-bond donors (Lipinski definition) is 1. The van der Waals surface area contributed by atoms with Gasteiger partial charge in [-0.15, -0.1) is 6.58 Å². The topological polar surface area (TPSA) is 55.4 Å². The molecule has 0 aliphatic heterocycles. The Hall–Kier alpha value is -2.37. The van der Waals surface area contributed by atoms with E-state index in [2.05, 4.69) is 11.3 Å². The number of hydrogen-bond acceptors (Lipinski definition) is 3. The number of carbonyl (C=O) groups is 2. The van der Waals surface area contributed by atoms with Crippen molar-refractivity contribution in [3.8, 4) is 0 Å². The van der Waals surface area contributed by atoms with Crippen molar-refractivity contribution < 1.29 is 80.2 Å². The van der Waals surface area contributed by atoms with Gasteiger partial charge in [0.1, 0.15) is 6.04 Å². The number of halogens is 15. The summed E-state index contributed by atoms with van der Waals surface area (Å²) < 4.78 is 202. The van der Waals surface area contributed by atoms with Gasteiger partial charge in [0.05, 0.1) is 6.61 Å². The highest BCUT2D eigenvalue weighted by Gasteiger charge is 2.94. The van der Waals surface area contributed by atoms with Crippen molar-refractivity contribution >= 4 is 11.9 Å². The molecule has 0 aromatic heterocycles. The molecule has 1 N–H and O–H groups in total. The van der Waals surface area contributed by atoms with E-state index in [-0.39, 0.29) is 6.42 Å². The predicted molar refractivity (Wildman–Crippen MR) is 83.7 cm³/mol. The first-order valence-electron chi connectivity index (χ1n) is 8.74. The standard InChI is InChI=1S/C16H14F15NO3/c1-3-5-7(8(33)35-6-4-2)32-9(34)10(17,18)11(19,20)12(21,22)13(23,24)14(25,26)15(27,28)16(29,30)31/h3,7H,1,4-6H2,2H3,(H,32,34). The van der Waals surface area contributed by atoms with Crippen LogP contribution in [0.15, 0.2) is 12.7 Å². The third-order valence-electron chi connectivity index (χ3n) is 4.05. The maximum absolute atomic E-state index is 13.8. The Morgan fingerprint density at radius 1 is 0.771 bits per heavy atom. The fraction of sp³-hybridized carbons (Fsp3) is 0.750. The molecule has 4 nitrogen and oxygen atoms in total. The summed E-state index contributed by atoms with van der Waals surface area (Å²) in [6, 6.07) is -2.39. The highest BCUT2D eigenvalue weighted by atomic mass is 19.4. The first-order valence-corrected chi connectivity index (χ1v) is 8.74. The Kier molecular flexibility index (Phi) is 9.27. The molecule has 0 saturated carbocycles. The van der Waals surface area contributed by atoms with Crippen LogP contribution in [0.3, 0.4) is 0 Å². The molecule has 19 heteroatoms. The van der Waals surface area contributed by atoms with Crippen molar-refractivity contribution in [2.75, 3.05) is 6.61 Å². The molecule has 0 saturated heterocycles. The summed E-state index contributed by atoms with van der Waals surface area (Å²) in [4.78, 5) is 23.1. The molecule has 0 heterocycles. The first kappa shape index (κ1) is 32.6. The molecule has 0 aliphatic carbocycles. The van der Waals surface area contributed by atoms with Crippen LogP contribution >= 0.6 is 0 Å². The van der Waals surface area contributed by atoms with Gasteiger partial charge >= 0.3 is 47.7 Å². The number of esters is 1. The molecule has 0 spiro atoms. The predicted octanol–water partition coefficient (Wildman–Crippen LogP) is 5.37. The molecule has 0 aromatic carbocycles. The lowest BCUT2D eigenvalue weighted by Crippen LogP contribution is -2.74. The van der Waals surface area contributed by atoms with Crippen LogP contribution in [-0.4, -0.2) is 66.2 Å². The Morgan fingerprint density at radius 3 is 1.54 bits per heavy atom.